The van der Waals surface area contributed by atoms with Crippen molar-refractivity contribution in [3.8, 4) is 0 Å². The number of hydrogen-bond acceptors (Lipinski definition) is 1. The van der Waals surface area contributed by atoms with E-state index in [-0.39, 0.29) is 0 Å². The Morgan fingerprint density at radius 1 is 1.38 bits per heavy atom. The summed E-state index contributed by atoms with van der Waals surface area (Å²) in [6.07, 6.45) is 4.80. The van der Waals surface area contributed by atoms with Crippen LogP contribution in [0.4, 0.5) is 0 Å². The highest BCUT2D eigenvalue weighted by molar-refractivity contribution is 5.12. The molecular formula is C11H18N2. The quantitative estimate of drug-likeness (QED) is 0.695. The van der Waals surface area contributed by atoms with E-state index in [0.717, 1.165) is 5.92 Å². The summed E-state index contributed by atoms with van der Waals surface area (Å²) < 4.78 is 2.11. The summed E-state index contributed by atoms with van der Waals surface area (Å²) >= 11 is 0. The van der Waals surface area contributed by atoms with E-state index in [2.05, 4.69) is 42.8 Å². The van der Waals surface area contributed by atoms with Gasteiger partial charge in [-0.25, -0.2) is 0 Å². The summed E-state index contributed by atoms with van der Waals surface area (Å²) in [5.41, 5.74) is 1.30. The van der Waals surface area contributed by atoms with Crippen molar-refractivity contribution in [3.05, 3.63) is 18.0 Å². The Kier molecular flexibility index (Phi) is 2.14. The van der Waals surface area contributed by atoms with Crippen LogP contribution in [-0.4, -0.2) is 9.78 Å². The standard InChI is InChI=1S/C11H18N2/c1-8(2)9(3)13-7-6-11(12-13)10-4-5-10/h6-10H,4-5H2,1-3H3/t9-/m1/s1. The fraction of sp³-hybridized carbons (Fsp3) is 0.727. The Morgan fingerprint density at radius 3 is 2.62 bits per heavy atom. The molecule has 2 heteroatoms. The zero-order valence-corrected chi connectivity index (χ0v) is 8.70. The lowest BCUT2D eigenvalue weighted by molar-refractivity contribution is 0.373. The number of hydrogen-bond donors (Lipinski definition) is 0. The minimum atomic E-state index is 0.521. The fourth-order valence-electron chi connectivity index (χ4n) is 1.48. The van der Waals surface area contributed by atoms with E-state index in [4.69, 9.17) is 0 Å². The number of aromatic nitrogens is 2. The molecule has 1 fully saturated rings. The average molecular weight is 178 g/mol. The van der Waals surface area contributed by atoms with Crippen molar-refractivity contribution in [1.82, 2.24) is 9.78 Å². The molecule has 0 aromatic carbocycles. The van der Waals surface area contributed by atoms with Gasteiger partial charge in [-0.3, -0.25) is 4.68 Å². The molecule has 72 valence electrons. The van der Waals surface area contributed by atoms with Crippen LogP contribution >= 0.6 is 0 Å². The first-order valence-electron chi connectivity index (χ1n) is 5.23. The molecule has 1 aromatic rings. The molecular weight excluding hydrogens is 160 g/mol. The van der Waals surface area contributed by atoms with Crippen LogP contribution in [0.5, 0.6) is 0 Å². The fourth-order valence-corrected chi connectivity index (χ4v) is 1.48. The second kappa shape index (κ2) is 3.17. The predicted octanol–water partition coefficient (Wildman–Crippen LogP) is 2.98. The Hall–Kier alpha value is -0.790. The Labute approximate surface area is 80.0 Å². The molecule has 1 aromatic heterocycles. The Morgan fingerprint density at radius 2 is 2.08 bits per heavy atom. The van der Waals surface area contributed by atoms with Crippen molar-refractivity contribution in [2.75, 3.05) is 0 Å². The first-order valence-corrected chi connectivity index (χ1v) is 5.23. The van der Waals surface area contributed by atoms with Crippen molar-refractivity contribution in [3.63, 3.8) is 0 Å². The van der Waals surface area contributed by atoms with Crippen molar-refractivity contribution in [2.24, 2.45) is 5.92 Å². The molecule has 1 heterocycles. The zero-order valence-electron chi connectivity index (χ0n) is 8.70. The molecule has 0 N–H and O–H groups in total. The third kappa shape index (κ3) is 1.77. The van der Waals surface area contributed by atoms with Gasteiger partial charge in [0.2, 0.25) is 0 Å². The van der Waals surface area contributed by atoms with E-state index < -0.39 is 0 Å². The highest BCUT2D eigenvalue weighted by Crippen LogP contribution is 2.39. The van der Waals surface area contributed by atoms with Gasteiger partial charge in [0.25, 0.3) is 0 Å². The number of rotatable bonds is 3. The van der Waals surface area contributed by atoms with Crippen molar-refractivity contribution >= 4 is 0 Å². The van der Waals surface area contributed by atoms with Crippen LogP contribution in [0.2, 0.25) is 0 Å². The average Bonchev–Trinajstić information content (AvgIpc) is 2.83. The third-order valence-electron chi connectivity index (χ3n) is 3.01. The van der Waals surface area contributed by atoms with Crippen LogP contribution in [0.3, 0.4) is 0 Å². The summed E-state index contributed by atoms with van der Waals surface area (Å²) in [5.74, 6) is 1.44. The summed E-state index contributed by atoms with van der Waals surface area (Å²) in [4.78, 5) is 0. The van der Waals surface area contributed by atoms with Gasteiger partial charge in [-0.2, -0.15) is 5.10 Å². The maximum atomic E-state index is 4.61. The van der Waals surface area contributed by atoms with Gasteiger partial charge in [-0.1, -0.05) is 13.8 Å². The molecule has 1 aliphatic carbocycles. The van der Waals surface area contributed by atoms with Crippen LogP contribution in [-0.2, 0) is 0 Å². The molecule has 0 saturated heterocycles. The molecule has 2 rings (SSSR count). The molecule has 1 aliphatic rings. The SMILES string of the molecule is CC(C)[C@@H](C)n1ccc(C2CC2)n1. The van der Waals surface area contributed by atoms with Crippen LogP contribution in [0.1, 0.15) is 51.3 Å². The lowest BCUT2D eigenvalue weighted by Crippen LogP contribution is -2.12. The van der Waals surface area contributed by atoms with E-state index >= 15 is 0 Å². The molecule has 0 bridgehead atoms. The minimum Gasteiger partial charge on any atom is -0.269 e. The maximum absolute atomic E-state index is 4.61. The second-order valence-electron chi connectivity index (χ2n) is 4.48. The first kappa shape index (κ1) is 8.79. The van der Waals surface area contributed by atoms with Crippen LogP contribution < -0.4 is 0 Å². The van der Waals surface area contributed by atoms with Gasteiger partial charge in [0.1, 0.15) is 0 Å². The largest absolute Gasteiger partial charge is 0.269 e. The predicted molar refractivity (Wildman–Crippen MR) is 53.8 cm³/mol. The maximum Gasteiger partial charge on any atom is 0.0655 e. The number of nitrogens with zero attached hydrogens (tertiary/aromatic N) is 2. The lowest BCUT2D eigenvalue weighted by atomic mass is 10.1. The molecule has 1 atom stereocenters. The van der Waals surface area contributed by atoms with Crippen LogP contribution in [0.15, 0.2) is 12.3 Å². The molecule has 13 heavy (non-hydrogen) atoms. The molecule has 1 saturated carbocycles. The normalized spacial score (nSPS) is 19.4. The Bertz CT molecular complexity index is 284. The van der Waals surface area contributed by atoms with Crippen molar-refractivity contribution in [1.29, 1.82) is 0 Å². The summed E-state index contributed by atoms with van der Waals surface area (Å²) in [6.45, 7) is 6.71. The monoisotopic (exact) mass is 178 g/mol. The van der Waals surface area contributed by atoms with Crippen molar-refractivity contribution in [2.45, 2.75) is 45.6 Å². The highest BCUT2D eigenvalue weighted by Gasteiger charge is 2.26. The minimum absolute atomic E-state index is 0.521. The van der Waals surface area contributed by atoms with E-state index in [1.807, 2.05) is 0 Å². The summed E-state index contributed by atoms with van der Waals surface area (Å²) in [6, 6.07) is 2.70. The highest BCUT2D eigenvalue weighted by atomic mass is 15.3. The first-order chi connectivity index (χ1) is 6.18. The Balaban J connectivity index is 2.11. The van der Waals surface area contributed by atoms with Gasteiger partial charge in [0, 0.05) is 12.1 Å². The lowest BCUT2D eigenvalue weighted by Gasteiger charge is -2.15. The molecule has 0 radical (unpaired) electrons. The molecule has 0 aliphatic heterocycles. The second-order valence-corrected chi connectivity index (χ2v) is 4.48. The van der Waals surface area contributed by atoms with Crippen LogP contribution in [0, 0.1) is 5.92 Å². The van der Waals surface area contributed by atoms with Gasteiger partial charge in [-0.05, 0) is 31.7 Å². The van der Waals surface area contributed by atoms with Gasteiger partial charge in [0.05, 0.1) is 11.7 Å². The summed E-state index contributed by atoms with van der Waals surface area (Å²) in [7, 11) is 0. The molecule has 2 nitrogen and oxygen atoms in total. The summed E-state index contributed by atoms with van der Waals surface area (Å²) in [5, 5.41) is 4.61. The van der Waals surface area contributed by atoms with E-state index in [1.165, 1.54) is 18.5 Å². The van der Waals surface area contributed by atoms with Gasteiger partial charge >= 0.3 is 0 Å². The van der Waals surface area contributed by atoms with Crippen LogP contribution in [0.25, 0.3) is 0 Å². The van der Waals surface area contributed by atoms with Gasteiger partial charge < -0.3 is 0 Å². The molecule has 0 spiro atoms. The van der Waals surface area contributed by atoms with Gasteiger partial charge in [-0.15, -0.1) is 0 Å². The van der Waals surface area contributed by atoms with E-state index in [9.17, 15) is 0 Å². The molecule has 0 unspecified atom stereocenters. The van der Waals surface area contributed by atoms with Gasteiger partial charge in [0.15, 0.2) is 0 Å². The van der Waals surface area contributed by atoms with E-state index in [1.54, 1.807) is 0 Å². The third-order valence-corrected chi connectivity index (χ3v) is 3.01. The van der Waals surface area contributed by atoms with E-state index in [0.29, 0.717) is 12.0 Å². The zero-order chi connectivity index (χ0) is 9.42. The van der Waals surface area contributed by atoms with Crippen molar-refractivity contribution < 1.29 is 0 Å². The molecule has 0 amide bonds. The topological polar surface area (TPSA) is 17.8 Å². The smallest absolute Gasteiger partial charge is 0.0655 e.